The largest absolute Gasteiger partial charge is 0.470 e. The van der Waals surface area contributed by atoms with Crippen LogP contribution < -0.4 is 5.73 Å². The predicted molar refractivity (Wildman–Crippen MR) is 91.9 cm³/mol. The van der Waals surface area contributed by atoms with Gasteiger partial charge in [-0.25, -0.2) is 4.57 Å². The lowest BCUT2D eigenvalue weighted by Gasteiger charge is -2.18. The van der Waals surface area contributed by atoms with Crippen molar-refractivity contribution in [2.75, 3.05) is 13.2 Å². The van der Waals surface area contributed by atoms with E-state index in [1.54, 1.807) is 0 Å². The summed E-state index contributed by atoms with van der Waals surface area (Å²) in [6, 6.07) is 8.70. The molecular formula is C16H24NO8P. The van der Waals surface area contributed by atoms with Gasteiger partial charge in [0.25, 0.3) is 0 Å². The maximum Gasteiger partial charge on any atom is 0.470 e. The van der Waals surface area contributed by atoms with Crippen LogP contribution in [0.15, 0.2) is 30.3 Å². The van der Waals surface area contributed by atoms with E-state index in [-0.39, 0.29) is 6.42 Å². The molecule has 0 bridgehead atoms. The molecule has 2 atom stereocenters. The molecule has 0 aliphatic rings. The standard InChI is InChI=1S/C16H24NO8P/c1-12(17)16(19)24-11-14(25-26(20,21)22)10-23-15(18)9-5-8-13-6-3-2-4-7-13/h2-4,6-7,12,14H,5,8-11,17H2,1H3,(H2,20,21,22). The number of benzene rings is 1. The van der Waals surface area contributed by atoms with Crippen LogP contribution in [0.2, 0.25) is 0 Å². The third kappa shape index (κ3) is 10.3. The molecule has 1 aromatic carbocycles. The average Bonchev–Trinajstić information content (AvgIpc) is 2.56. The Hall–Kier alpha value is -1.77. The van der Waals surface area contributed by atoms with E-state index in [1.165, 1.54) is 6.92 Å². The Morgan fingerprint density at radius 3 is 2.35 bits per heavy atom. The van der Waals surface area contributed by atoms with Crippen LogP contribution in [0.5, 0.6) is 0 Å². The average molecular weight is 389 g/mol. The number of ether oxygens (including phenoxy) is 2. The highest BCUT2D eigenvalue weighted by Gasteiger charge is 2.25. The summed E-state index contributed by atoms with van der Waals surface area (Å²) in [4.78, 5) is 40.8. The summed E-state index contributed by atoms with van der Waals surface area (Å²) in [5, 5.41) is 0. The normalized spacial score (nSPS) is 13.7. The van der Waals surface area contributed by atoms with Crippen LogP contribution in [0.3, 0.4) is 0 Å². The van der Waals surface area contributed by atoms with Gasteiger partial charge in [0.1, 0.15) is 25.4 Å². The number of carbonyl (C=O) groups excluding carboxylic acids is 2. The van der Waals surface area contributed by atoms with Gasteiger partial charge in [-0.1, -0.05) is 30.3 Å². The fourth-order valence-corrected chi connectivity index (χ4v) is 2.46. The van der Waals surface area contributed by atoms with Crippen LogP contribution in [0.4, 0.5) is 0 Å². The second-order valence-corrected chi connectivity index (χ2v) is 6.85. The van der Waals surface area contributed by atoms with Crippen LogP contribution in [0.25, 0.3) is 0 Å². The quantitative estimate of drug-likeness (QED) is 0.371. The molecule has 0 radical (unpaired) electrons. The number of phosphoric ester groups is 1. The van der Waals surface area contributed by atoms with Gasteiger partial charge in [0.2, 0.25) is 0 Å². The van der Waals surface area contributed by atoms with Crippen molar-refractivity contribution in [2.24, 2.45) is 5.73 Å². The molecule has 0 amide bonds. The topological polar surface area (TPSA) is 145 Å². The summed E-state index contributed by atoms with van der Waals surface area (Å²) in [5.41, 5.74) is 6.41. The van der Waals surface area contributed by atoms with Crippen LogP contribution in [0, 0.1) is 0 Å². The third-order valence-electron chi connectivity index (χ3n) is 3.19. The molecule has 1 aromatic rings. The van der Waals surface area contributed by atoms with E-state index in [9.17, 15) is 14.2 Å². The lowest BCUT2D eigenvalue weighted by Crippen LogP contribution is -2.33. The molecule has 146 valence electrons. The second-order valence-electron chi connectivity index (χ2n) is 5.66. The van der Waals surface area contributed by atoms with Crippen molar-refractivity contribution >= 4 is 19.8 Å². The number of hydrogen-bond donors (Lipinski definition) is 3. The zero-order chi connectivity index (χ0) is 19.6. The number of rotatable bonds is 11. The van der Waals surface area contributed by atoms with E-state index >= 15 is 0 Å². The molecular weight excluding hydrogens is 365 g/mol. The number of esters is 2. The smallest absolute Gasteiger partial charge is 0.463 e. The lowest BCUT2D eigenvalue weighted by atomic mass is 10.1. The highest BCUT2D eigenvalue weighted by Crippen LogP contribution is 2.37. The van der Waals surface area contributed by atoms with E-state index in [2.05, 4.69) is 4.52 Å². The summed E-state index contributed by atoms with van der Waals surface area (Å²) in [7, 11) is -4.84. The molecule has 26 heavy (non-hydrogen) atoms. The monoisotopic (exact) mass is 389 g/mol. The molecule has 2 unspecified atom stereocenters. The van der Waals surface area contributed by atoms with Gasteiger partial charge < -0.3 is 25.0 Å². The van der Waals surface area contributed by atoms with Gasteiger partial charge >= 0.3 is 19.8 Å². The summed E-state index contributed by atoms with van der Waals surface area (Å²) in [6.07, 6.45) is 0.102. The van der Waals surface area contributed by atoms with Crippen molar-refractivity contribution < 1.29 is 37.9 Å². The number of hydrogen-bond acceptors (Lipinski definition) is 7. The van der Waals surface area contributed by atoms with Crippen LogP contribution in [-0.4, -0.2) is 47.1 Å². The highest BCUT2D eigenvalue weighted by molar-refractivity contribution is 7.46. The molecule has 0 fully saturated rings. The van der Waals surface area contributed by atoms with E-state index in [0.29, 0.717) is 12.8 Å². The van der Waals surface area contributed by atoms with Crippen molar-refractivity contribution in [3.8, 4) is 0 Å². The fourth-order valence-electron chi connectivity index (χ4n) is 1.95. The third-order valence-corrected chi connectivity index (χ3v) is 3.76. The number of aryl methyl sites for hydroxylation is 1. The maximum absolute atomic E-state index is 11.8. The molecule has 1 rings (SSSR count). The van der Waals surface area contributed by atoms with Crippen molar-refractivity contribution in [3.63, 3.8) is 0 Å². The molecule has 9 nitrogen and oxygen atoms in total. The van der Waals surface area contributed by atoms with E-state index in [4.69, 9.17) is 25.0 Å². The van der Waals surface area contributed by atoms with Crippen LogP contribution >= 0.6 is 7.82 Å². The van der Waals surface area contributed by atoms with Crippen molar-refractivity contribution in [3.05, 3.63) is 35.9 Å². The SMILES string of the molecule is CC(N)C(=O)OCC(COC(=O)CCCc1ccccc1)OP(=O)(O)O. The molecule has 0 aliphatic heterocycles. The van der Waals surface area contributed by atoms with Crippen molar-refractivity contribution in [1.29, 1.82) is 0 Å². The Balaban J connectivity index is 2.39. The van der Waals surface area contributed by atoms with Gasteiger partial charge in [-0.15, -0.1) is 0 Å². The number of nitrogens with two attached hydrogens (primary N) is 1. The molecule has 0 spiro atoms. The van der Waals surface area contributed by atoms with Gasteiger partial charge in [0.05, 0.1) is 0 Å². The van der Waals surface area contributed by atoms with E-state index in [0.717, 1.165) is 5.56 Å². The summed E-state index contributed by atoms with van der Waals surface area (Å²) >= 11 is 0. The zero-order valence-corrected chi connectivity index (χ0v) is 15.3. The molecule has 10 heteroatoms. The molecule has 4 N–H and O–H groups in total. The predicted octanol–water partition coefficient (Wildman–Crippen LogP) is 0.921. The van der Waals surface area contributed by atoms with Crippen molar-refractivity contribution in [1.82, 2.24) is 0 Å². The van der Waals surface area contributed by atoms with Crippen molar-refractivity contribution in [2.45, 2.75) is 38.3 Å². The Kier molecular flexibility index (Phi) is 9.47. The number of phosphoric acid groups is 1. The Labute approximate surface area is 151 Å². The minimum Gasteiger partial charge on any atom is -0.463 e. The number of carbonyl (C=O) groups is 2. The summed E-state index contributed by atoms with van der Waals surface area (Å²) in [6.45, 7) is 0.443. The first-order valence-corrected chi connectivity index (χ1v) is 9.56. The van der Waals surface area contributed by atoms with Gasteiger partial charge in [-0.3, -0.25) is 14.1 Å². The highest BCUT2D eigenvalue weighted by atomic mass is 31.2. The van der Waals surface area contributed by atoms with Gasteiger partial charge in [-0.05, 0) is 25.3 Å². The minimum absolute atomic E-state index is 0.136. The molecule has 0 saturated heterocycles. The first-order valence-electron chi connectivity index (χ1n) is 8.03. The Morgan fingerprint density at radius 1 is 1.15 bits per heavy atom. The summed E-state index contributed by atoms with van der Waals surface area (Å²) < 4.78 is 25.1. The first-order chi connectivity index (χ1) is 12.2. The first kappa shape index (κ1) is 22.3. The van der Waals surface area contributed by atoms with Crippen LogP contribution in [-0.2, 0) is 34.6 Å². The Bertz CT molecular complexity index is 616. The van der Waals surface area contributed by atoms with E-state index in [1.807, 2.05) is 30.3 Å². The second kappa shape index (κ2) is 11.1. The molecule has 0 saturated carbocycles. The minimum atomic E-state index is -4.84. The van der Waals surface area contributed by atoms with Gasteiger partial charge in [0.15, 0.2) is 0 Å². The molecule has 0 aromatic heterocycles. The molecule has 0 heterocycles. The van der Waals surface area contributed by atoms with Gasteiger partial charge in [-0.2, -0.15) is 0 Å². The zero-order valence-electron chi connectivity index (χ0n) is 14.4. The summed E-state index contributed by atoms with van der Waals surface area (Å²) in [5.74, 6) is -1.31. The van der Waals surface area contributed by atoms with E-state index < -0.39 is 45.1 Å². The van der Waals surface area contributed by atoms with Gasteiger partial charge in [0, 0.05) is 6.42 Å². The van der Waals surface area contributed by atoms with Crippen LogP contribution in [0.1, 0.15) is 25.3 Å². The Morgan fingerprint density at radius 2 is 1.77 bits per heavy atom. The maximum atomic E-state index is 11.8. The lowest BCUT2D eigenvalue weighted by molar-refractivity contribution is -0.152. The fraction of sp³-hybridized carbons (Fsp3) is 0.500. The molecule has 0 aliphatic carbocycles.